The predicted molar refractivity (Wildman–Crippen MR) is 59.6 cm³/mol. The van der Waals surface area contributed by atoms with Crippen molar-refractivity contribution in [2.24, 2.45) is 5.92 Å². The standard InChI is InChI=1S/C11H24N2O/c1-4-10-7-11(8-12-2)13(9-10)5-6-14-3/h10-12H,4-9H2,1-3H3. The Hall–Kier alpha value is -0.120. The van der Waals surface area contributed by atoms with Crippen molar-refractivity contribution in [3.63, 3.8) is 0 Å². The number of rotatable bonds is 6. The maximum absolute atomic E-state index is 5.14. The van der Waals surface area contributed by atoms with Gasteiger partial charge in [0, 0.05) is 32.8 Å². The van der Waals surface area contributed by atoms with Gasteiger partial charge in [-0.05, 0) is 19.4 Å². The molecule has 0 radical (unpaired) electrons. The van der Waals surface area contributed by atoms with Crippen LogP contribution in [0.5, 0.6) is 0 Å². The highest BCUT2D eigenvalue weighted by atomic mass is 16.5. The molecule has 1 saturated heterocycles. The van der Waals surface area contributed by atoms with Crippen molar-refractivity contribution in [1.82, 2.24) is 10.2 Å². The number of likely N-dealkylation sites (tertiary alicyclic amines) is 1. The highest BCUT2D eigenvalue weighted by Gasteiger charge is 2.29. The van der Waals surface area contributed by atoms with Gasteiger partial charge in [-0.15, -0.1) is 0 Å². The Morgan fingerprint density at radius 3 is 2.86 bits per heavy atom. The average molecular weight is 200 g/mol. The van der Waals surface area contributed by atoms with Crippen LogP contribution in [0.15, 0.2) is 0 Å². The molecule has 2 unspecified atom stereocenters. The van der Waals surface area contributed by atoms with E-state index in [-0.39, 0.29) is 0 Å². The number of hydrogen-bond acceptors (Lipinski definition) is 3. The fraction of sp³-hybridized carbons (Fsp3) is 1.00. The van der Waals surface area contributed by atoms with E-state index in [4.69, 9.17) is 4.74 Å². The van der Waals surface area contributed by atoms with Gasteiger partial charge in [-0.3, -0.25) is 4.90 Å². The quantitative estimate of drug-likeness (QED) is 0.691. The summed E-state index contributed by atoms with van der Waals surface area (Å²) < 4.78 is 5.14. The van der Waals surface area contributed by atoms with E-state index in [0.717, 1.165) is 31.7 Å². The molecule has 0 amide bonds. The molecule has 0 spiro atoms. The molecule has 2 atom stereocenters. The van der Waals surface area contributed by atoms with Gasteiger partial charge in [0.05, 0.1) is 6.61 Å². The fourth-order valence-electron chi connectivity index (χ4n) is 2.32. The van der Waals surface area contributed by atoms with E-state index in [1.165, 1.54) is 19.4 Å². The Morgan fingerprint density at radius 1 is 1.50 bits per heavy atom. The van der Waals surface area contributed by atoms with Crippen molar-refractivity contribution in [2.75, 3.05) is 40.4 Å². The summed E-state index contributed by atoms with van der Waals surface area (Å²) in [5.74, 6) is 0.894. The van der Waals surface area contributed by atoms with Gasteiger partial charge in [0.25, 0.3) is 0 Å². The summed E-state index contributed by atoms with van der Waals surface area (Å²) in [6.45, 7) is 6.60. The lowest BCUT2D eigenvalue weighted by Crippen LogP contribution is -2.38. The second kappa shape index (κ2) is 6.38. The second-order valence-corrected chi connectivity index (χ2v) is 4.21. The third-order valence-electron chi connectivity index (χ3n) is 3.21. The van der Waals surface area contributed by atoms with Crippen molar-refractivity contribution >= 4 is 0 Å². The molecule has 3 nitrogen and oxygen atoms in total. The van der Waals surface area contributed by atoms with Gasteiger partial charge in [0.2, 0.25) is 0 Å². The summed E-state index contributed by atoms with van der Waals surface area (Å²) in [5, 5.41) is 3.28. The molecule has 0 aromatic rings. The van der Waals surface area contributed by atoms with Gasteiger partial charge in [0.1, 0.15) is 0 Å². The molecular weight excluding hydrogens is 176 g/mol. The number of nitrogens with one attached hydrogen (secondary N) is 1. The van der Waals surface area contributed by atoms with Gasteiger partial charge < -0.3 is 10.1 Å². The van der Waals surface area contributed by atoms with Crippen LogP contribution < -0.4 is 5.32 Å². The monoisotopic (exact) mass is 200 g/mol. The number of ether oxygens (including phenoxy) is 1. The molecule has 0 aromatic heterocycles. The maximum atomic E-state index is 5.14. The van der Waals surface area contributed by atoms with E-state index in [1.807, 2.05) is 7.05 Å². The molecule has 1 aliphatic rings. The highest BCUT2D eigenvalue weighted by molar-refractivity contribution is 4.85. The minimum absolute atomic E-state index is 0.722. The Bertz CT molecular complexity index is 152. The normalized spacial score (nSPS) is 28.5. The molecule has 3 heteroatoms. The predicted octanol–water partition coefficient (Wildman–Crippen LogP) is 0.953. The third kappa shape index (κ3) is 3.23. The Balaban J connectivity index is 2.36. The van der Waals surface area contributed by atoms with Crippen molar-refractivity contribution < 1.29 is 4.74 Å². The Labute approximate surface area is 87.8 Å². The smallest absolute Gasteiger partial charge is 0.0589 e. The molecule has 1 aliphatic heterocycles. The Morgan fingerprint density at radius 2 is 2.29 bits per heavy atom. The first-order valence-corrected chi connectivity index (χ1v) is 5.69. The molecule has 0 aliphatic carbocycles. The summed E-state index contributed by atoms with van der Waals surface area (Å²) in [6.07, 6.45) is 2.66. The van der Waals surface area contributed by atoms with Gasteiger partial charge >= 0.3 is 0 Å². The van der Waals surface area contributed by atoms with Crippen LogP contribution in [-0.2, 0) is 4.74 Å². The lowest BCUT2D eigenvalue weighted by atomic mass is 10.0. The van der Waals surface area contributed by atoms with Crippen LogP contribution in [0.1, 0.15) is 19.8 Å². The zero-order chi connectivity index (χ0) is 10.4. The van der Waals surface area contributed by atoms with Crippen LogP contribution in [0.4, 0.5) is 0 Å². The summed E-state index contributed by atoms with van der Waals surface area (Å²) in [7, 11) is 3.81. The molecule has 0 bridgehead atoms. The lowest BCUT2D eigenvalue weighted by molar-refractivity contribution is 0.139. The van der Waals surface area contributed by atoms with E-state index in [1.54, 1.807) is 7.11 Å². The van der Waals surface area contributed by atoms with Crippen molar-refractivity contribution in [2.45, 2.75) is 25.8 Å². The topological polar surface area (TPSA) is 24.5 Å². The summed E-state index contributed by atoms with van der Waals surface area (Å²) >= 11 is 0. The fourth-order valence-corrected chi connectivity index (χ4v) is 2.32. The minimum Gasteiger partial charge on any atom is -0.383 e. The first-order valence-electron chi connectivity index (χ1n) is 5.69. The van der Waals surface area contributed by atoms with Crippen LogP contribution in [0.25, 0.3) is 0 Å². The number of nitrogens with zero attached hydrogens (tertiary/aromatic N) is 1. The van der Waals surface area contributed by atoms with Gasteiger partial charge in [0.15, 0.2) is 0 Å². The molecule has 0 saturated carbocycles. The van der Waals surface area contributed by atoms with E-state index < -0.39 is 0 Å². The molecule has 84 valence electrons. The van der Waals surface area contributed by atoms with E-state index in [9.17, 15) is 0 Å². The van der Waals surface area contributed by atoms with Crippen LogP contribution in [-0.4, -0.2) is 51.3 Å². The van der Waals surface area contributed by atoms with Crippen LogP contribution in [0, 0.1) is 5.92 Å². The summed E-state index contributed by atoms with van der Waals surface area (Å²) in [5.41, 5.74) is 0. The molecule has 1 heterocycles. The molecule has 1 rings (SSSR count). The summed E-state index contributed by atoms with van der Waals surface area (Å²) in [6, 6.07) is 0.722. The number of hydrogen-bond donors (Lipinski definition) is 1. The van der Waals surface area contributed by atoms with E-state index in [2.05, 4.69) is 17.1 Å². The highest BCUT2D eigenvalue weighted by Crippen LogP contribution is 2.24. The lowest BCUT2D eigenvalue weighted by Gasteiger charge is -2.23. The summed E-state index contributed by atoms with van der Waals surface area (Å²) in [4.78, 5) is 2.56. The SMILES string of the molecule is CCC1CC(CNC)N(CCOC)C1. The van der Waals surface area contributed by atoms with Gasteiger partial charge in [-0.2, -0.15) is 0 Å². The average Bonchev–Trinajstić information content (AvgIpc) is 2.58. The van der Waals surface area contributed by atoms with E-state index >= 15 is 0 Å². The molecular formula is C11H24N2O. The largest absolute Gasteiger partial charge is 0.383 e. The first kappa shape index (κ1) is 12.0. The maximum Gasteiger partial charge on any atom is 0.0589 e. The van der Waals surface area contributed by atoms with Crippen LogP contribution >= 0.6 is 0 Å². The third-order valence-corrected chi connectivity index (χ3v) is 3.21. The number of likely N-dealkylation sites (N-methyl/N-ethyl adjacent to an activating group) is 1. The van der Waals surface area contributed by atoms with Crippen LogP contribution in [0.2, 0.25) is 0 Å². The van der Waals surface area contributed by atoms with Gasteiger partial charge in [-0.1, -0.05) is 13.3 Å². The molecule has 0 aromatic carbocycles. The number of methoxy groups -OCH3 is 1. The van der Waals surface area contributed by atoms with Crippen molar-refractivity contribution in [3.8, 4) is 0 Å². The zero-order valence-electron chi connectivity index (χ0n) is 9.75. The zero-order valence-corrected chi connectivity index (χ0v) is 9.75. The molecule has 14 heavy (non-hydrogen) atoms. The van der Waals surface area contributed by atoms with Crippen LogP contribution in [0.3, 0.4) is 0 Å². The molecule has 1 N–H and O–H groups in total. The molecule has 1 fully saturated rings. The van der Waals surface area contributed by atoms with Crippen molar-refractivity contribution in [3.05, 3.63) is 0 Å². The first-order chi connectivity index (χ1) is 6.81. The second-order valence-electron chi connectivity index (χ2n) is 4.21. The Kier molecular flexibility index (Phi) is 5.45. The van der Waals surface area contributed by atoms with E-state index in [0.29, 0.717) is 0 Å². The van der Waals surface area contributed by atoms with Gasteiger partial charge in [-0.25, -0.2) is 0 Å². The van der Waals surface area contributed by atoms with Crippen molar-refractivity contribution in [1.29, 1.82) is 0 Å². The minimum atomic E-state index is 0.722.